The molecule has 0 aliphatic heterocycles. The Bertz CT molecular complexity index is 478. The van der Waals surface area contributed by atoms with Gasteiger partial charge in [-0.3, -0.25) is 0 Å². The van der Waals surface area contributed by atoms with Crippen LogP contribution >= 0.6 is 0 Å². The fourth-order valence-corrected chi connectivity index (χ4v) is 1.16. The Morgan fingerprint density at radius 2 is 1.38 bits per heavy atom. The molecule has 0 aliphatic rings. The third kappa shape index (κ3) is 5.20. The zero-order valence-corrected chi connectivity index (χ0v) is 12.6. The molecular weight excluding hydrogens is 361 g/mol. The van der Waals surface area contributed by atoms with Crippen LogP contribution < -0.4 is 5.32 Å². The summed E-state index contributed by atoms with van der Waals surface area (Å²) in [5, 5.41) is 1.80. The van der Waals surface area contributed by atoms with Gasteiger partial charge in [-0.05, 0) is 26.8 Å². The SMILES string of the molecule is CC(C)(C)OC(=O)NC/C=C/C(F)(F)C(F)(F)C(F)(F)C(F)(F)F. The second-order valence-electron chi connectivity index (χ2n) is 5.55. The van der Waals surface area contributed by atoms with E-state index in [0.29, 0.717) is 0 Å². The summed E-state index contributed by atoms with van der Waals surface area (Å²) in [7, 11) is 0. The molecule has 0 aromatic carbocycles. The average molecular weight is 375 g/mol. The van der Waals surface area contributed by atoms with Gasteiger partial charge in [0.2, 0.25) is 0 Å². The van der Waals surface area contributed by atoms with Crippen molar-refractivity contribution >= 4 is 6.09 Å². The molecule has 0 unspecified atom stereocenters. The minimum Gasteiger partial charge on any atom is -0.444 e. The average Bonchev–Trinajstić information content (AvgIpc) is 2.30. The molecule has 0 aromatic rings. The van der Waals surface area contributed by atoms with Crippen LogP contribution in [-0.2, 0) is 4.74 Å². The lowest BCUT2D eigenvalue weighted by molar-refractivity contribution is -0.388. The number of ether oxygens (including phenoxy) is 1. The molecule has 1 N–H and O–H groups in total. The fraction of sp³-hybridized carbons (Fsp3) is 0.750. The number of alkyl halides is 9. The minimum absolute atomic E-state index is 0.101. The summed E-state index contributed by atoms with van der Waals surface area (Å²) < 4.78 is 117. The van der Waals surface area contributed by atoms with Gasteiger partial charge < -0.3 is 10.1 Å². The summed E-state index contributed by atoms with van der Waals surface area (Å²) in [6.45, 7) is 3.50. The van der Waals surface area contributed by atoms with Gasteiger partial charge in [0.15, 0.2) is 0 Å². The smallest absolute Gasteiger partial charge is 0.444 e. The Balaban J connectivity index is 4.99. The van der Waals surface area contributed by atoms with Gasteiger partial charge >= 0.3 is 30.0 Å². The third-order valence-electron chi connectivity index (χ3n) is 2.26. The van der Waals surface area contributed by atoms with Crippen molar-refractivity contribution in [3.05, 3.63) is 12.2 Å². The van der Waals surface area contributed by atoms with E-state index < -0.39 is 48.3 Å². The molecule has 0 atom stereocenters. The Morgan fingerprint density at radius 1 is 0.917 bits per heavy atom. The maximum Gasteiger partial charge on any atom is 0.460 e. The van der Waals surface area contributed by atoms with E-state index >= 15 is 0 Å². The molecule has 0 saturated heterocycles. The number of hydrogen-bond donors (Lipinski definition) is 1. The molecule has 0 aliphatic carbocycles. The lowest BCUT2D eigenvalue weighted by Gasteiger charge is -2.32. The highest BCUT2D eigenvalue weighted by atomic mass is 19.4. The monoisotopic (exact) mass is 375 g/mol. The second-order valence-corrected chi connectivity index (χ2v) is 5.55. The highest BCUT2D eigenvalue weighted by molar-refractivity contribution is 5.67. The zero-order chi connectivity index (χ0) is 19.6. The Morgan fingerprint density at radius 3 is 1.75 bits per heavy atom. The van der Waals surface area contributed by atoms with Crippen molar-refractivity contribution in [2.75, 3.05) is 6.54 Å². The van der Waals surface area contributed by atoms with Crippen molar-refractivity contribution in [3.8, 4) is 0 Å². The van der Waals surface area contributed by atoms with Crippen LogP contribution in [0, 0.1) is 0 Å². The van der Waals surface area contributed by atoms with Crippen molar-refractivity contribution in [1.29, 1.82) is 0 Å². The van der Waals surface area contributed by atoms with Gasteiger partial charge in [-0.15, -0.1) is 0 Å². The molecule has 142 valence electrons. The summed E-state index contributed by atoms with van der Waals surface area (Å²) in [6.07, 6.45) is -8.75. The van der Waals surface area contributed by atoms with E-state index in [9.17, 15) is 44.3 Å². The number of alkyl carbamates (subject to hydrolysis) is 1. The molecule has 0 rings (SSSR count). The highest BCUT2D eigenvalue weighted by Crippen LogP contribution is 2.53. The van der Waals surface area contributed by atoms with Crippen LogP contribution in [0.2, 0.25) is 0 Å². The molecule has 3 nitrogen and oxygen atoms in total. The van der Waals surface area contributed by atoms with Gasteiger partial charge in [0.05, 0.1) is 0 Å². The molecule has 0 aromatic heterocycles. The first-order valence-electron chi connectivity index (χ1n) is 6.20. The van der Waals surface area contributed by atoms with Crippen molar-refractivity contribution in [1.82, 2.24) is 5.32 Å². The first kappa shape index (κ1) is 22.4. The first-order valence-corrected chi connectivity index (χ1v) is 6.20. The largest absolute Gasteiger partial charge is 0.460 e. The molecule has 0 bridgehead atoms. The second kappa shape index (κ2) is 6.71. The number of rotatable bonds is 5. The molecule has 24 heavy (non-hydrogen) atoms. The normalized spacial score (nSPS) is 14.8. The summed E-state index contributed by atoms with van der Waals surface area (Å²) in [6, 6.07) is 0. The van der Waals surface area contributed by atoms with Gasteiger partial charge in [0, 0.05) is 6.54 Å². The molecule has 0 fully saturated rings. The molecule has 1 amide bonds. The Hall–Kier alpha value is -1.62. The quantitative estimate of drug-likeness (QED) is 0.566. The molecule has 12 heteroatoms. The van der Waals surface area contributed by atoms with Crippen LogP contribution in [0.25, 0.3) is 0 Å². The number of carbonyl (C=O) groups is 1. The van der Waals surface area contributed by atoms with Crippen molar-refractivity contribution in [2.24, 2.45) is 0 Å². The van der Waals surface area contributed by atoms with Gasteiger partial charge in [-0.25, -0.2) is 4.79 Å². The summed E-state index contributed by atoms with van der Waals surface area (Å²) in [4.78, 5) is 11.1. The number of halogens is 9. The topological polar surface area (TPSA) is 38.3 Å². The van der Waals surface area contributed by atoms with Crippen LogP contribution in [0.1, 0.15) is 20.8 Å². The molecule has 0 radical (unpaired) electrons. The first-order chi connectivity index (χ1) is 10.4. The molecular formula is C12H14F9NO2. The number of nitrogens with one attached hydrogen (secondary N) is 1. The van der Waals surface area contributed by atoms with Crippen molar-refractivity contribution in [3.63, 3.8) is 0 Å². The van der Waals surface area contributed by atoms with Crippen molar-refractivity contribution in [2.45, 2.75) is 50.3 Å². The summed E-state index contributed by atoms with van der Waals surface area (Å²) in [5.74, 6) is -19.5. The van der Waals surface area contributed by atoms with Crippen LogP contribution in [0.4, 0.5) is 44.3 Å². The maximum absolute atomic E-state index is 13.1. The number of carbonyl (C=O) groups excluding carboxylic acids is 1. The zero-order valence-electron chi connectivity index (χ0n) is 12.6. The van der Waals surface area contributed by atoms with Crippen molar-refractivity contribution < 1.29 is 49.0 Å². The predicted octanol–water partition coefficient (Wildman–Crippen LogP) is 4.54. The van der Waals surface area contributed by atoms with Crippen LogP contribution in [-0.4, -0.2) is 42.2 Å². The summed E-state index contributed by atoms with van der Waals surface area (Å²) >= 11 is 0. The lowest BCUT2D eigenvalue weighted by Crippen LogP contribution is -2.60. The molecule has 0 heterocycles. The van der Waals surface area contributed by atoms with E-state index in [4.69, 9.17) is 0 Å². The van der Waals surface area contributed by atoms with Gasteiger partial charge in [-0.1, -0.05) is 6.08 Å². The van der Waals surface area contributed by atoms with Crippen LogP contribution in [0.5, 0.6) is 0 Å². The Kier molecular flexibility index (Phi) is 6.26. The Labute approximate surface area is 130 Å². The summed E-state index contributed by atoms with van der Waals surface area (Å²) in [5.41, 5.74) is -0.959. The highest BCUT2D eigenvalue weighted by Gasteiger charge is 2.81. The van der Waals surface area contributed by atoms with E-state index in [1.54, 1.807) is 5.32 Å². The van der Waals surface area contributed by atoms with E-state index in [2.05, 4.69) is 4.74 Å². The van der Waals surface area contributed by atoms with Gasteiger partial charge in [0.1, 0.15) is 5.60 Å². The van der Waals surface area contributed by atoms with Gasteiger partial charge in [0.25, 0.3) is 0 Å². The van der Waals surface area contributed by atoms with Crippen LogP contribution in [0.3, 0.4) is 0 Å². The number of amides is 1. The lowest BCUT2D eigenvalue weighted by atomic mass is 10.0. The van der Waals surface area contributed by atoms with Gasteiger partial charge in [-0.2, -0.15) is 39.5 Å². The molecule has 0 spiro atoms. The molecule has 0 saturated carbocycles. The standard InChI is InChI=1S/C12H14F9NO2/c1-8(2,3)24-7(23)22-6-4-5-9(13,14)10(15,16)11(17,18)12(19,20)21/h4-5H,6H2,1-3H3,(H,22,23)/b5-4+. The maximum atomic E-state index is 13.1. The minimum atomic E-state index is -6.95. The van der Waals surface area contributed by atoms with E-state index in [-0.39, 0.29) is 6.08 Å². The predicted molar refractivity (Wildman–Crippen MR) is 64.3 cm³/mol. The van der Waals surface area contributed by atoms with E-state index in [1.165, 1.54) is 20.8 Å². The van der Waals surface area contributed by atoms with E-state index in [0.717, 1.165) is 0 Å². The number of allylic oxidation sites excluding steroid dienone is 1. The third-order valence-corrected chi connectivity index (χ3v) is 2.26. The van der Waals surface area contributed by atoms with Crippen LogP contribution in [0.15, 0.2) is 12.2 Å². The number of hydrogen-bond acceptors (Lipinski definition) is 2. The van der Waals surface area contributed by atoms with E-state index in [1.807, 2.05) is 0 Å². The fourth-order valence-electron chi connectivity index (χ4n) is 1.16.